The SMILES string of the molecule is O=NOCC=Cc1c(C2CC2)nc2ccccc2c1-c1ccc(F)cc1. The minimum absolute atomic E-state index is 0.100. The second-order valence-corrected chi connectivity index (χ2v) is 6.36. The van der Waals surface area contributed by atoms with Crippen molar-refractivity contribution in [3.05, 3.63) is 76.6 Å². The lowest BCUT2D eigenvalue weighted by Crippen LogP contribution is -1.98. The lowest BCUT2D eigenvalue weighted by molar-refractivity contribution is 0.170. The predicted molar refractivity (Wildman–Crippen MR) is 99.9 cm³/mol. The fourth-order valence-corrected chi connectivity index (χ4v) is 3.25. The number of benzene rings is 2. The maximum absolute atomic E-state index is 13.4. The van der Waals surface area contributed by atoms with Gasteiger partial charge in [-0.1, -0.05) is 36.4 Å². The molecule has 0 radical (unpaired) electrons. The van der Waals surface area contributed by atoms with Gasteiger partial charge in [0.15, 0.2) is 5.34 Å². The van der Waals surface area contributed by atoms with Crippen LogP contribution in [0.3, 0.4) is 0 Å². The summed E-state index contributed by atoms with van der Waals surface area (Å²) in [6, 6.07) is 14.5. The Morgan fingerprint density at radius 2 is 1.92 bits per heavy atom. The third-order valence-corrected chi connectivity index (χ3v) is 4.56. The van der Waals surface area contributed by atoms with Crippen molar-refractivity contribution in [3.8, 4) is 11.1 Å². The first-order valence-corrected chi connectivity index (χ1v) is 8.57. The van der Waals surface area contributed by atoms with Crippen LogP contribution in [0.25, 0.3) is 28.1 Å². The van der Waals surface area contributed by atoms with Crippen LogP contribution in [-0.2, 0) is 4.84 Å². The summed E-state index contributed by atoms with van der Waals surface area (Å²) in [7, 11) is 0. The molecule has 26 heavy (non-hydrogen) atoms. The van der Waals surface area contributed by atoms with Crippen LogP contribution in [0.1, 0.15) is 30.0 Å². The largest absolute Gasteiger partial charge is 0.360 e. The van der Waals surface area contributed by atoms with E-state index in [1.54, 1.807) is 18.2 Å². The molecule has 0 saturated heterocycles. The first kappa shape index (κ1) is 16.4. The third-order valence-electron chi connectivity index (χ3n) is 4.56. The molecule has 1 aromatic heterocycles. The van der Waals surface area contributed by atoms with Gasteiger partial charge >= 0.3 is 0 Å². The lowest BCUT2D eigenvalue weighted by Gasteiger charge is -2.15. The highest BCUT2D eigenvalue weighted by Crippen LogP contribution is 2.45. The van der Waals surface area contributed by atoms with Crippen LogP contribution in [0.2, 0.25) is 0 Å². The summed E-state index contributed by atoms with van der Waals surface area (Å²) in [6.45, 7) is 0.100. The second kappa shape index (κ2) is 7.04. The Labute approximate surface area is 150 Å². The molecule has 130 valence electrons. The Balaban J connectivity index is 1.96. The molecule has 0 N–H and O–H groups in total. The van der Waals surface area contributed by atoms with Crippen LogP contribution in [-0.4, -0.2) is 11.6 Å². The fraction of sp³-hybridized carbons (Fsp3) is 0.190. The highest BCUT2D eigenvalue weighted by atomic mass is 19.1. The Morgan fingerprint density at radius 1 is 1.15 bits per heavy atom. The Hall–Kier alpha value is -3.08. The molecule has 0 bridgehead atoms. The molecule has 1 fully saturated rings. The van der Waals surface area contributed by atoms with Crippen molar-refractivity contribution in [3.63, 3.8) is 0 Å². The molecule has 1 heterocycles. The molecule has 0 spiro atoms. The summed E-state index contributed by atoms with van der Waals surface area (Å²) in [5, 5.41) is 3.43. The van der Waals surface area contributed by atoms with Crippen molar-refractivity contribution in [2.45, 2.75) is 18.8 Å². The van der Waals surface area contributed by atoms with Crippen LogP contribution in [0.4, 0.5) is 4.39 Å². The number of pyridine rings is 1. The average molecular weight is 348 g/mol. The van der Waals surface area contributed by atoms with Crippen molar-refractivity contribution >= 4 is 17.0 Å². The van der Waals surface area contributed by atoms with E-state index < -0.39 is 0 Å². The molecular formula is C21H17FN2O2. The molecule has 1 saturated carbocycles. The highest BCUT2D eigenvalue weighted by molar-refractivity contribution is 5.99. The van der Waals surface area contributed by atoms with Crippen molar-refractivity contribution in [2.75, 3.05) is 6.61 Å². The van der Waals surface area contributed by atoms with Crippen molar-refractivity contribution in [2.24, 2.45) is 5.34 Å². The van der Waals surface area contributed by atoms with Gasteiger partial charge in [0, 0.05) is 22.4 Å². The Kier molecular flexibility index (Phi) is 4.44. The smallest absolute Gasteiger partial charge is 0.155 e. The molecule has 0 aliphatic heterocycles. The number of halogens is 1. The quantitative estimate of drug-likeness (QED) is 0.329. The molecule has 1 aliphatic rings. The van der Waals surface area contributed by atoms with E-state index in [0.717, 1.165) is 46.1 Å². The van der Waals surface area contributed by atoms with E-state index in [0.29, 0.717) is 5.92 Å². The molecule has 4 rings (SSSR count). The van der Waals surface area contributed by atoms with E-state index in [1.165, 1.54) is 12.1 Å². The highest BCUT2D eigenvalue weighted by Gasteiger charge is 2.29. The number of hydrogen-bond donors (Lipinski definition) is 0. The molecule has 0 atom stereocenters. The molecule has 5 heteroatoms. The molecular weight excluding hydrogens is 331 g/mol. The summed E-state index contributed by atoms with van der Waals surface area (Å²) in [5.41, 5.74) is 4.91. The molecule has 1 aliphatic carbocycles. The summed E-state index contributed by atoms with van der Waals surface area (Å²) in [5.74, 6) is 0.167. The van der Waals surface area contributed by atoms with E-state index in [4.69, 9.17) is 4.98 Å². The van der Waals surface area contributed by atoms with E-state index >= 15 is 0 Å². The zero-order valence-corrected chi connectivity index (χ0v) is 14.1. The number of fused-ring (bicyclic) bond motifs is 1. The normalized spacial score (nSPS) is 14.0. The molecule has 4 nitrogen and oxygen atoms in total. The van der Waals surface area contributed by atoms with Gasteiger partial charge in [-0.25, -0.2) is 4.39 Å². The van der Waals surface area contributed by atoms with Crippen molar-refractivity contribution in [1.29, 1.82) is 0 Å². The first-order valence-electron chi connectivity index (χ1n) is 8.57. The Morgan fingerprint density at radius 3 is 2.65 bits per heavy atom. The zero-order valence-electron chi connectivity index (χ0n) is 14.1. The maximum atomic E-state index is 13.4. The minimum atomic E-state index is -0.267. The number of nitrogens with zero attached hydrogens (tertiary/aromatic N) is 2. The fourth-order valence-electron chi connectivity index (χ4n) is 3.25. The van der Waals surface area contributed by atoms with Gasteiger partial charge in [0.25, 0.3) is 0 Å². The standard InChI is InChI=1S/C21H17FN2O2/c22-16-11-9-14(10-12-16)20-17-4-1-2-6-19(17)23-21(15-7-8-15)18(20)5-3-13-26-24-25/h1-6,9-12,15H,7-8,13H2. The van der Waals surface area contributed by atoms with Crippen LogP contribution < -0.4 is 0 Å². The van der Waals surface area contributed by atoms with E-state index in [-0.39, 0.29) is 12.4 Å². The van der Waals surface area contributed by atoms with Gasteiger partial charge in [-0.3, -0.25) is 4.98 Å². The Bertz CT molecular complexity index is 979. The molecule has 3 aromatic rings. The second-order valence-electron chi connectivity index (χ2n) is 6.36. The zero-order chi connectivity index (χ0) is 17.9. The molecule has 0 amide bonds. The number of hydrogen-bond acceptors (Lipinski definition) is 4. The summed E-state index contributed by atoms with van der Waals surface area (Å²) in [6.07, 6.45) is 5.91. The van der Waals surface area contributed by atoms with Gasteiger partial charge in [-0.15, -0.1) is 4.91 Å². The number of rotatable bonds is 6. The molecule has 0 unspecified atom stereocenters. The van der Waals surface area contributed by atoms with Gasteiger partial charge in [0.1, 0.15) is 12.4 Å². The van der Waals surface area contributed by atoms with Gasteiger partial charge in [0.2, 0.25) is 0 Å². The van der Waals surface area contributed by atoms with Gasteiger partial charge < -0.3 is 4.84 Å². The minimum Gasteiger partial charge on any atom is -0.360 e. The maximum Gasteiger partial charge on any atom is 0.155 e. The predicted octanol–water partition coefficient (Wildman–Crippen LogP) is 5.63. The third kappa shape index (κ3) is 3.20. The van der Waals surface area contributed by atoms with Crippen LogP contribution >= 0.6 is 0 Å². The average Bonchev–Trinajstić information content (AvgIpc) is 3.50. The van der Waals surface area contributed by atoms with E-state index in [9.17, 15) is 9.30 Å². The van der Waals surface area contributed by atoms with Gasteiger partial charge in [-0.05, 0) is 42.7 Å². The first-order chi connectivity index (χ1) is 12.8. The van der Waals surface area contributed by atoms with Crippen LogP contribution in [0.15, 0.2) is 59.9 Å². The topological polar surface area (TPSA) is 51.5 Å². The lowest BCUT2D eigenvalue weighted by atomic mass is 9.92. The summed E-state index contributed by atoms with van der Waals surface area (Å²) >= 11 is 0. The van der Waals surface area contributed by atoms with E-state index in [1.807, 2.05) is 30.3 Å². The van der Waals surface area contributed by atoms with Crippen molar-refractivity contribution in [1.82, 2.24) is 4.98 Å². The van der Waals surface area contributed by atoms with Crippen LogP contribution in [0, 0.1) is 10.7 Å². The molecule has 2 aromatic carbocycles. The van der Waals surface area contributed by atoms with Gasteiger partial charge in [-0.2, -0.15) is 0 Å². The van der Waals surface area contributed by atoms with E-state index in [2.05, 4.69) is 10.2 Å². The monoisotopic (exact) mass is 348 g/mol. The van der Waals surface area contributed by atoms with Crippen LogP contribution in [0.5, 0.6) is 0 Å². The number of aromatic nitrogens is 1. The number of para-hydroxylation sites is 1. The van der Waals surface area contributed by atoms with Gasteiger partial charge in [0.05, 0.1) is 11.2 Å². The summed E-state index contributed by atoms with van der Waals surface area (Å²) in [4.78, 5) is 19.6. The van der Waals surface area contributed by atoms with Crippen molar-refractivity contribution < 1.29 is 9.23 Å². The summed E-state index contributed by atoms with van der Waals surface area (Å²) < 4.78 is 13.4.